The van der Waals surface area contributed by atoms with Crippen LogP contribution >= 0.6 is 11.8 Å². The lowest BCUT2D eigenvalue weighted by Gasteiger charge is -2.29. The number of unbranched alkanes of at least 4 members (excludes halogenated alkanes) is 1. The van der Waals surface area contributed by atoms with Gasteiger partial charge in [0.05, 0.1) is 29.7 Å². The van der Waals surface area contributed by atoms with Gasteiger partial charge in [0.15, 0.2) is 5.17 Å². The first-order chi connectivity index (χ1) is 15.2. The van der Waals surface area contributed by atoms with Crippen LogP contribution in [0.15, 0.2) is 58.6 Å². The van der Waals surface area contributed by atoms with E-state index in [0.29, 0.717) is 17.9 Å². The normalized spacial score (nSPS) is 16.4. The second-order valence-corrected chi connectivity index (χ2v) is 8.19. The number of hydrogen-bond acceptors (Lipinski definition) is 7. The van der Waals surface area contributed by atoms with Crippen LogP contribution < -0.4 is 5.32 Å². The Hall–Kier alpha value is -3.13. The van der Waals surface area contributed by atoms with Crippen molar-refractivity contribution >= 4 is 46.4 Å². The molecule has 2 heterocycles. The van der Waals surface area contributed by atoms with Crippen molar-refractivity contribution in [1.82, 2.24) is 5.01 Å². The number of thioether (sulfide) groups is 1. The smallest absolute Gasteiger partial charge is 0.338 e. The van der Waals surface area contributed by atoms with Gasteiger partial charge in [-0.15, -0.1) is 0 Å². The molecule has 0 aromatic heterocycles. The summed E-state index contributed by atoms with van der Waals surface area (Å²) in [7, 11) is 0. The molecule has 2 aromatic rings. The third-order valence-electron chi connectivity index (χ3n) is 5.01. The van der Waals surface area contributed by atoms with Gasteiger partial charge in [-0.25, -0.2) is 14.8 Å². The molecule has 0 bridgehead atoms. The van der Waals surface area contributed by atoms with E-state index in [1.54, 1.807) is 24.3 Å². The molecule has 2 aliphatic heterocycles. The third-order valence-corrected chi connectivity index (χ3v) is 5.95. The first kappa shape index (κ1) is 21.1. The highest BCUT2D eigenvalue weighted by molar-refractivity contribution is 8.14. The Morgan fingerprint density at radius 3 is 2.81 bits per heavy atom. The standard InChI is InChI=1S/C23H24N4O3S/c1-2-3-14-30-22(29)16-8-10-17(11-9-16)25-21(28)15-31-23-26-19-7-5-4-6-18(19)20-12-13-24-27(20)23/h4-11,13,20H,2-3,12,14-15H2,1H3,(H,25,28)/t20-/m0/s1. The van der Waals surface area contributed by atoms with Gasteiger partial charge in [-0.2, -0.15) is 5.10 Å². The number of fused-ring (bicyclic) bond motifs is 3. The van der Waals surface area contributed by atoms with Crippen molar-refractivity contribution in [2.24, 2.45) is 10.1 Å². The van der Waals surface area contributed by atoms with Crippen LogP contribution in [0, 0.1) is 0 Å². The maximum Gasteiger partial charge on any atom is 0.338 e. The molecule has 0 saturated heterocycles. The number of esters is 1. The van der Waals surface area contributed by atoms with Crippen molar-refractivity contribution in [2.75, 3.05) is 17.7 Å². The summed E-state index contributed by atoms with van der Waals surface area (Å²) in [6.07, 6.45) is 4.53. The highest BCUT2D eigenvalue weighted by atomic mass is 32.2. The minimum atomic E-state index is -0.349. The summed E-state index contributed by atoms with van der Waals surface area (Å²) in [6, 6.07) is 14.9. The SMILES string of the molecule is CCCCOC(=O)c1ccc(NC(=O)CSC2=Nc3ccccc3[C@@H]3CC=NN23)cc1. The Kier molecular flexibility index (Phi) is 6.66. The Bertz CT molecular complexity index is 1020. The van der Waals surface area contributed by atoms with Crippen molar-refractivity contribution in [2.45, 2.75) is 32.2 Å². The Morgan fingerprint density at radius 2 is 2.00 bits per heavy atom. The number of benzene rings is 2. The summed E-state index contributed by atoms with van der Waals surface area (Å²) in [5.41, 5.74) is 3.18. The van der Waals surface area contributed by atoms with Gasteiger partial charge < -0.3 is 10.1 Å². The molecule has 31 heavy (non-hydrogen) atoms. The van der Waals surface area contributed by atoms with E-state index < -0.39 is 0 Å². The van der Waals surface area contributed by atoms with E-state index in [9.17, 15) is 9.59 Å². The molecule has 4 rings (SSSR count). The lowest BCUT2D eigenvalue weighted by atomic mass is 10.0. The molecule has 0 fully saturated rings. The monoisotopic (exact) mass is 436 g/mol. The van der Waals surface area contributed by atoms with Gasteiger partial charge in [-0.05, 0) is 36.8 Å². The summed E-state index contributed by atoms with van der Waals surface area (Å²) < 4.78 is 5.20. The van der Waals surface area contributed by atoms with Crippen LogP contribution in [0.1, 0.15) is 48.1 Å². The third kappa shape index (κ3) is 4.96. The van der Waals surface area contributed by atoms with E-state index >= 15 is 0 Å². The number of amides is 1. The number of carbonyl (C=O) groups is 2. The molecule has 0 radical (unpaired) electrons. The van der Waals surface area contributed by atoms with Gasteiger partial charge in [0.1, 0.15) is 0 Å². The number of ether oxygens (including phenoxy) is 1. The van der Waals surface area contributed by atoms with E-state index in [1.165, 1.54) is 11.8 Å². The van der Waals surface area contributed by atoms with Gasteiger partial charge in [-0.3, -0.25) is 4.79 Å². The topological polar surface area (TPSA) is 83.4 Å². The zero-order valence-corrected chi connectivity index (χ0v) is 18.1. The number of anilines is 1. The summed E-state index contributed by atoms with van der Waals surface area (Å²) in [5, 5.41) is 9.90. The quantitative estimate of drug-likeness (QED) is 0.500. The molecule has 160 valence electrons. The molecule has 1 atom stereocenters. The maximum atomic E-state index is 12.5. The number of hydrogen-bond donors (Lipinski definition) is 1. The number of nitrogens with zero attached hydrogens (tertiary/aromatic N) is 3. The van der Waals surface area contributed by atoms with Crippen LogP contribution in [0.25, 0.3) is 0 Å². The Balaban J connectivity index is 1.33. The average Bonchev–Trinajstić information content (AvgIpc) is 3.28. The fourth-order valence-electron chi connectivity index (χ4n) is 3.39. The molecule has 1 amide bonds. The highest BCUT2D eigenvalue weighted by Gasteiger charge is 2.32. The van der Waals surface area contributed by atoms with E-state index in [4.69, 9.17) is 4.74 Å². The predicted octanol–water partition coefficient (Wildman–Crippen LogP) is 4.75. The molecule has 8 heteroatoms. The van der Waals surface area contributed by atoms with Gasteiger partial charge in [0, 0.05) is 23.9 Å². The molecule has 0 unspecified atom stereocenters. The summed E-state index contributed by atoms with van der Waals surface area (Å²) >= 11 is 1.36. The molecule has 0 spiro atoms. The molecule has 2 aliphatic rings. The van der Waals surface area contributed by atoms with E-state index in [-0.39, 0.29) is 23.7 Å². The first-order valence-electron chi connectivity index (χ1n) is 10.3. The molecular weight excluding hydrogens is 412 g/mol. The molecule has 0 aliphatic carbocycles. The molecule has 0 saturated carbocycles. The molecule has 1 N–H and O–H groups in total. The largest absolute Gasteiger partial charge is 0.462 e. The summed E-state index contributed by atoms with van der Waals surface area (Å²) in [6.45, 7) is 2.46. The second kappa shape index (κ2) is 9.78. The van der Waals surface area contributed by atoms with Crippen molar-refractivity contribution in [1.29, 1.82) is 0 Å². The number of nitrogens with one attached hydrogen (secondary N) is 1. The predicted molar refractivity (Wildman–Crippen MR) is 124 cm³/mol. The lowest BCUT2D eigenvalue weighted by molar-refractivity contribution is -0.113. The van der Waals surface area contributed by atoms with Crippen molar-refractivity contribution < 1.29 is 14.3 Å². The van der Waals surface area contributed by atoms with E-state index in [0.717, 1.165) is 35.7 Å². The van der Waals surface area contributed by atoms with E-state index in [1.807, 2.05) is 36.3 Å². The summed E-state index contributed by atoms with van der Waals surface area (Å²) in [4.78, 5) is 29.1. The summed E-state index contributed by atoms with van der Waals surface area (Å²) in [5.74, 6) is -0.289. The lowest BCUT2D eigenvalue weighted by Crippen LogP contribution is -2.29. The van der Waals surface area contributed by atoms with Gasteiger partial charge in [-0.1, -0.05) is 43.3 Å². The Labute approximate surface area is 185 Å². The highest BCUT2D eigenvalue weighted by Crippen LogP contribution is 2.40. The number of amidine groups is 1. The van der Waals surface area contributed by atoms with Crippen LogP contribution in [0.2, 0.25) is 0 Å². The molecule has 7 nitrogen and oxygen atoms in total. The zero-order chi connectivity index (χ0) is 21.6. The average molecular weight is 437 g/mol. The Morgan fingerprint density at radius 1 is 1.19 bits per heavy atom. The number of rotatable bonds is 7. The first-order valence-corrected chi connectivity index (χ1v) is 11.3. The number of para-hydroxylation sites is 1. The number of carbonyl (C=O) groups excluding carboxylic acids is 2. The fraction of sp³-hybridized carbons (Fsp3) is 0.304. The number of aliphatic imine (C=N–C) groups is 1. The molecular formula is C23H24N4O3S. The van der Waals surface area contributed by atoms with Crippen molar-refractivity contribution in [3.8, 4) is 0 Å². The van der Waals surface area contributed by atoms with Crippen molar-refractivity contribution in [3.63, 3.8) is 0 Å². The van der Waals surface area contributed by atoms with E-state index in [2.05, 4.69) is 21.5 Å². The molecule has 2 aromatic carbocycles. The van der Waals surface area contributed by atoms with Crippen LogP contribution in [0.3, 0.4) is 0 Å². The maximum absolute atomic E-state index is 12.5. The minimum absolute atomic E-state index is 0.142. The van der Waals surface area contributed by atoms with Crippen LogP contribution in [-0.4, -0.2) is 40.6 Å². The van der Waals surface area contributed by atoms with Crippen LogP contribution in [0.4, 0.5) is 11.4 Å². The minimum Gasteiger partial charge on any atom is -0.462 e. The zero-order valence-electron chi connectivity index (χ0n) is 17.3. The van der Waals surface area contributed by atoms with Gasteiger partial charge in [0.2, 0.25) is 5.91 Å². The van der Waals surface area contributed by atoms with Gasteiger partial charge in [0.25, 0.3) is 0 Å². The fourth-order valence-corrected chi connectivity index (χ4v) is 4.19. The number of hydrazone groups is 1. The van der Waals surface area contributed by atoms with Crippen molar-refractivity contribution in [3.05, 3.63) is 59.7 Å². The second-order valence-electron chi connectivity index (χ2n) is 7.25. The van der Waals surface area contributed by atoms with Crippen LogP contribution in [-0.2, 0) is 9.53 Å². The van der Waals surface area contributed by atoms with Crippen LogP contribution in [0.5, 0.6) is 0 Å². The van der Waals surface area contributed by atoms with Gasteiger partial charge >= 0.3 is 5.97 Å².